The van der Waals surface area contributed by atoms with Crippen LogP contribution in [0.1, 0.15) is 10.4 Å². The minimum atomic E-state index is -3.81. The number of nitrogens with one attached hydrogen (secondary N) is 1. The zero-order valence-corrected chi connectivity index (χ0v) is 15.5. The van der Waals surface area contributed by atoms with Gasteiger partial charge in [-0.05, 0) is 36.4 Å². The SMILES string of the molecule is CN(C)C(=O)c1ccc(Cl)c(NS(=O)(=O)c2cccc(Br)c2)c1. The summed E-state index contributed by atoms with van der Waals surface area (Å²) in [5.41, 5.74) is 0.491. The van der Waals surface area contributed by atoms with E-state index in [2.05, 4.69) is 20.7 Å². The molecule has 0 aromatic heterocycles. The molecule has 2 aromatic carbocycles. The van der Waals surface area contributed by atoms with Crippen molar-refractivity contribution >= 4 is 49.1 Å². The Hall–Kier alpha value is -1.57. The Labute approximate surface area is 148 Å². The number of carbonyl (C=O) groups excluding carboxylic acids is 1. The van der Waals surface area contributed by atoms with E-state index >= 15 is 0 Å². The lowest BCUT2D eigenvalue weighted by atomic mass is 10.2. The highest BCUT2D eigenvalue weighted by Crippen LogP contribution is 2.27. The van der Waals surface area contributed by atoms with Crippen LogP contribution in [0.25, 0.3) is 0 Å². The summed E-state index contributed by atoms with van der Waals surface area (Å²) in [6.45, 7) is 0. The topological polar surface area (TPSA) is 66.5 Å². The summed E-state index contributed by atoms with van der Waals surface area (Å²) in [5.74, 6) is -0.246. The molecule has 0 saturated carbocycles. The molecular formula is C15H14BrClN2O3S. The molecule has 0 spiro atoms. The first-order valence-corrected chi connectivity index (χ1v) is 9.16. The third-order valence-corrected chi connectivity index (χ3v) is 5.16. The summed E-state index contributed by atoms with van der Waals surface area (Å²) < 4.78 is 27.9. The van der Waals surface area contributed by atoms with Gasteiger partial charge in [0.2, 0.25) is 0 Å². The summed E-state index contributed by atoms with van der Waals surface area (Å²) in [6.07, 6.45) is 0. The van der Waals surface area contributed by atoms with Gasteiger partial charge in [0.1, 0.15) is 0 Å². The molecule has 0 aliphatic rings. The predicted octanol–water partition coefficient (Wildman–Crippen LogP) is 3.61. The van der Waals surface area contributed by atoms with E-state index in [1.54, 1.807) is 32.3 Å². The van der Waals surface area contributed by atoms with Gasteiger partial charge in [0.25, 0.3) is 15.9 Å². The molecule has 2 aromatic rings. The highest BCUT2D eigenvalue weighted by molar-refractivity contribution is 9.10. The summed E-state index contributed by atoms with van der Waals surface area (Å²) in [4.78, 5) is 13.5. The summed E-state index contributed by atoms with van der Waals surface area (Å²) in [7, 11) is -0.584. The first-order valence-electron chi connectivity index (χ1n) is 6.50. The number of nitrogens with zero attached hydrogens (tertiary/aromatic N) is 1. The van der Waals surface area contributed by atoms with Crippen LogP contribution in [0, 0.1) is 0 Å². The number of benzene rings is 2. The zero-order valence-electron chi connectivity index (χ0n) is 12.4. The number of hydrogen-bond acceptors (Lipinski definition) is 3. The molecule has 5 nitrogen and oxygen atoms in total. The molecular weight excluding hydrogens is 404 g/mol. The number of rotatable bonds is 4. The number of sulfonamides is 1. The smallest absolute Gasteiger partial charge is 0.261 e. The van der Waals surface area contributed by atoms with Crippen LogP contribution < -0.4 is 4.72 Å². The number of halogens is 2. The number of carbonyl (C=O) groups is 1. The van der Waals surface area contributed by atoms with E-state index in [1.807, 2.05) is 0 Å². The minimum absolute atomic E-state index is 0.0901. The fourth-order valence-corrected chi connectivity index (χ4v) is 3.72. The van der Waals surface area contributed by atoms with Crippen molar-refractivity contribution < 1.29 is 13.2 Å². The van der Waals surface area contributed by atoms with E-state index in [0.29, 0.717) is 10.0 Å². The molecule has 0 fully saturated rings. The highest BCUT2D eigenvalue weighted by Gasteiger charge is 2.18. The van der Waals surface area contributed by atoms with Gasteiger partial charge >= 0.3 is 0 Å². The molecule has 0 radical (unpaired) electrons. The average Bonchev–Trinajstić information content (AvgIpc) is 2.48. The molecule has 0 unspecified atom stereocenters. The Balaban J connectivity index is 2.39. The molecule has 0 aliphatic carbocycles. The Morgan fingerprint density at radius 2 is 1.87 bits per heavy atom. The van der Waals surface area contributed by atoms with Crippen LogP contribution >= 0.6 is 27.5 Å². The normalized spacial score (nSPS) is 11.1. The summed E-state index contributed by atoms with van der Waals surface area (Å²) in [5, 5.41) is 0.207. The van der Waals surface area contributed by atoms with Gasteiger partial charge < -0.3 is 4.90 Å². The lowest BCUT2D eigenvalue weighted by molar-refractivity contribution is 0.0827. The van der Waals surface area contributed by atoms with E-state index in [9.17, 15) is 13.2 Å². The summed E-state index contributed by atoms with van der Waals surface area (Å²) >= 11 is 9.28. The Kier molecular flexibility index (Phi) is 5.33. The van der Waals surface area contributed by atoms with Gasteiger partial charge in [0.15, 0.2) is 0 Å². The first-order chi connectivity index (χ1) is 10.7. The van der Waals surface area contributed by atoms with E-state index < -0.39 is 10.0 Å². The molecule has 0 atom stereocenters. The van der Waals surface area contributed by atoms with E-state index in [-0.39, 0.29) is 21.5 Å². The van der Waals surface area contributed by atoms with Gasteiger partial charge in [-0.25, -0.2) is 8.42 Å². The highest BCUT2D eigenvalue weighted by atomic mass is 79.9. The standard InChI is InChI=1S/C15H14BrClN2O3S/c1-19(2)15(20)10-6-7-13(17)14(8-10)18-23(21,22)12-5-3-4-11(16)9-12/h3-9,18H,1-2H3. The molecule has 1 N–H and O–H groups in total. The minimum Gasteiger partial charge on any atom is -0.345 e. The van der Waals surface area contributed by atoms with Crippen LogP contribution in [-0.2, 0) is 10.0 Å². The quantitative estimate of drug-likeness (QED) is 0.826. The maximum Gasteiger partial charge on any atom is 0.261 e. The van der Waals surface area contributed by atoms with Crippen LogP contribution in [0.5, 0.6) is 0 Å². The van der Waals surface area contributed by atoms with Crippen molar-refractivity contribution in [2.45, 2.75) is 4.90 Å². The van der Waals surface area contributed by atoms with Crippen LogP contribution in [0.15, 0.2) is 51.8 Å². The molecule has 0 bridgehead atoms. The zero-order chi connectivity index (χ0) is 17.2. The monoisotopic (exact) mass is 416 g/mol. The molecule has 122 valence electrons. The molecule has 0 heterocycles. The van der Waals surface area contributed by atoms with Crippen molar-refractivity contribution in [3.05, 3.63) is 57.5 Å². The van der Waals surface area contributed by atoms with Gasteiger partial charge in [-0.3, -0.25) is 9.52 Å². The lowest BCUT2D eigenvalue weighted by Gasteiger charge is -2.14. The third-order valence-electron chi connectivity index (χ3n) is 2.97. The maximum atomic E-state index is 12.4. The van der Waals surface area contributed by atoms with Crippen molar-refractivity contribution in [1.29, 1.82) is 0 Å². The van der Waals surface area contributed by atoms with Crippen LogP contribution in [0.2, 0.25) is 5.02 Å². The predicted molar refractivity (Wildman–Crippen MR) is 94.4 cm³/mol. The van der Waals surface area contributed by atoms with Crippen LogP contribution in [-0.4, -0.2) is 33.3 Å². The van der Waals surface area contributed by atoms with Crippen molar-refractivity contribution in [1.82, 2.24) is 4.90 Å². The van der Waals surface area contributed by atoms with Crippen LogP contribution in [0.4, 0.5) is 5.69 Å². The largest absolute Gasteiger partial charge is 0.345 e. The van der Waals surface area contributed by atoms with Crippen molar-refractivity contribution in [2.24, 2.45) is 0 Å². The number of amides is 1. The lowest BCUT2D eigenvalue weighted by Crippen LogP contribution is -2.22. The third kappa shape index (κ3) is 4.25. The maximum absolute atomic E-state index is 12.4. The Morgan fingerprint density at radius 3 is 2.48 bits per heavy atom. The van der Waals surface area contributed by atoms with E-state index in [1.165, 1.54) is 29.2 Å². The Morgan fingerprint density at radius 1 is 1.17 bits per heavy atom. The second-order valence-electron chi connectivity index (χ2n) is 4.96. The molecule has 0 saturated heterocycles. The Bertz CT molecular complexity index is 854. The van der Waals surface area contributed by atoms with Gasteiger partial charge in [0.05, 0.1) is 15.6 Å². The number of hydrogen-bond donors (Lipinski definition) is 1. The summed E-state index contributed by atoms with van der Waals surface area (Å²) in [6, 6.07) is 10.7. The van der Waals surface area contributed by atoms with Gasteiger partial charge in [-0.2, -0.15) is 0 Å². The van der Waals surface area contributed by atoms with Crippen LogP contribution in [0.3, 0.4) is 0 Å². The number of anilines is 1. The van der Waals surface area contributed by atoms with Gasteiger partial charge in [-0.1, -0.05) is 33.6 Å². The molecule has 0 aliphatic heterocycles. The second-order valence-corrected chi connectivity index (χ2v) is 7.96. The van der Waals surface area contributed by atoms with E-state index in [0.717, 1.165) is 0 Å². The van der Waals surface area contributed by atoms with Gasteiger partial charge in [-0.15, -0.1) is 0 Å². The molecule has 8 heteroatoms. The van der Waals surface area contributed by atoms with Crippen molar-refractivity contribution in [3.63, 3.8) is 0 Å². The fourth-order valence-electron chi connectivity index (χ4n) is 1.83. The second kappa shape index (κ2) is 6.90. The fraction of sp³-hybridized carbons (Fsp3) is 0.133. The first kappa shape index (κ1) is 17.8. The van der Waals surface area contributed by atoms with Crippen molar-refractivity contribution in [3.8, 4) is 0 Å². The van der Waals surface area contributed by atoms with Gasteiger partial charge in [0, 0.05) is 24.1 Å². The molecule has 23 heavy (non-hydrogen) atoms. The molecule has 2 rings (SSSR count). The van der Waals surface area contributed by atoms with E-state index in [4.69, 9.17) is 11.6 Å². The average molecular weight is 418 g/mol. The molecule has 1 amide bonds. The van der Waals surface area contributed by atoms with Crippen molar-refractivity contribution in [2.75, 3.05) is 18.8 Å².